The minimum absolute atomic E-state index is 0.00581. The number of nitrogens with one attached hydrogen (secondary N) is 2. The molecule has 0 fully saturated rings. The smallest absolute Gasteiger partial charge is 0.258 e. The molecule has 0 radical (unpaired) electrons. The lowest BCUT2D eigenvalue weighted by Crippen LogP contribution is -2.37. The highest BCUT2D eigenvalue weighted by atomic mass is 35.5. The Morgan fingerprint density at radius 3 is 2.79 bits per heavy atom. The van der Waals surface area contributed by atoms with E-state index >= 15 is 0 Å². The summed E-state index contributed by atoms with van der Waals surface area (Å²) in [4.78, 5) is 28.1. The monoisotopic (exact) mass is 481 g/mol. The van der Waals surface area contributed by atoms with E-state index in [0.29, 0.717) is 24.7 Å². The number of hydrogen-bond donors (Lipinski definition) is 3. The van der Waals surface area contributed by atoms with Gasteiger partial charge in [-0.25, -0.2) is 4.39 Å². The van der Waals surface area contributed by atoms with Crippen molar-refractivity contribution in [2.24, 2.45) is 0 Å². The summed E-state index contributed by atoms with van der Waals surface area (Å²) in [5, 5.41) is 15.1. The van der Waals surface area contributed by atoms with Crippen LogP contribution < -0.4 is 20.1 Å². The zero-order chi connectivity index (χ0) is 23.8. The Morgan fingerprint density at radius 2 is 2.00 bits per heavy atom. The van der Waals surface area contributed by atoms with Crippen molar-refractivity contribution in [1.82, 2.24) is 15.6 Å². The number of hydrogen-bond acceptors (Lipinski definition) is 7. The average molecular weight is 482 g/mol. The van der Waals surface area contributed by atoms with Crippen LogP contribution in [0.2, 0.25) is 5.02 Å². The molecule has 1 aromatic heterocycles. The molecule has 1 aliphatic rings. The van der Waals surface area contributed by atoms with Gasteiger partial charge >= 0.3 is 0 Å². The fourth-order valence-corrected chi connectivity index (χ4v) is 3.20. The fraction of sp³-hybridized carbons (Fsp3) is 0.409. The molecule has 9 nitrogen and oxygen atoms in total. The molecule has 0 aliphatic carbocycles. The van der Waals surface area contributed by atoms with E-state index in [2.05, 4.69) is 15.6 Å². The third kappa shape index (κ3) is 7.28. The second-order valence-electron chi connectivity index (χ2n) is 7.42. The molecule has 178 valence electrons. The fourth-order valence-electron chi connectivity index (χ4n) is 3.08. The van der Waals surface area contributed by atoms with Crippen molar-refractivity contribution in [2.45, 2.75) is 32.7 Å². The van der Waals surface area contributed by atoms with Gasteiger partial charge in [-0.3, -0.25) is 14.6 Å². The molecule has 2 amide bonds. The standard InChI is InChI=1S/C22H25ClFN3O6/c1-13-22(17-10-31-9-14(17)7-26-13)33-12-21(30)27-8-15(28)4-5-25-20(29)11-32-16-2-3-18(23)19(24)6-16/h2-3,6-7,15,28H,4-5,8-12H2,1H3,(H,25,29)(H,27,30)/t15-/m0/s1. The first-order valence-electron chi connectivity index (χ1n) is 10.3. The number of aliphatic hydroxyl groups excluding tert-OH is 1. The number of carbonyl (C=O) groups is 2. The van der Waals surface area contributed by atoms with Crippen molar-refractivity contribution in [3.63, 3.8) is 0 Å². The first-order chi connectivity index (χ1) is 15.8. The summed E-state index contributed by atoms with van der Waals surface area (Å²) in [6.45, 7) is 2.33. The van der Waals surface area contributed by atoms with E-state index in [0.717, 1.165) is 17.2 Å². The Morgan fingerprint density at radius 1 is 1.24 bits per heavy atom. The maximum atomic E-state index is 13.3. The third-order valence-corrected chi connectivity index (χ3v) is 5.16. The van der Waals surface area contributed by atoms with E-state index in [1.165, 1.54) is 12.1 Å². The lowest BCUT2D eigenvalue weighted by molar-refractivity contribution is -0.124. The van der Waals surface area contributed by atoms with Crippen LogP contribution in [-0.2, 0) is 27.5 Å². The van der Waals surface area contributed by atoms with Crippen molar-refractivity contribution < 1.29 is 33.3 Å². The molecule has 0 spiro atoms. The summed E-state index contributed by atoms with van der Waals surface area (Å²) >= 11 is 5.58. The largest absolute Gasteiger partial charge is 0.484 e. The number of aryl methyl sites for hydroxylation is 1. The molecule has 0 saturated heterocycles. The van der Waals surface area contributed by atoms with Gasteiger partial charge in [-0.1, -0.05) is 11.6 Å². The Kier molecular flexibility index (Phi) is 8.81. The predicted octanol–water partition coefficient (Wildman–Crippen LogP) is 1.65. The van der Waals surface area contributed by atoms with Crippen LogP contribution in [0.1, 0.15) is 23.2 Å². The molecule has 2 aromatic rings. The predicted molar refractivity (Wildman–Crippen MR) is 117 cm³/mol. The van der Waals surface area contributed by atoms with Crippen LogP contribution in [0, 0.1) is 12.7 Å². The molecule has 1 aromatic carbocycles. The van der Waals surface area contributed by atoms with Crippen LogP contribution >= 0.6 is 11.6 Å². The number of aromatic nitrogens is 1. The van der Waals surface area contributed by atoms with Crippen LogP contribution in [0.3, 0.4) is 0 Å². The molecule has 1 atom stereocenters. The van der Waals surface area contributed by atoms with Crippen LogP contribution in [0.25, 0.3) is 0 Å². The summed E-state index contributed by atoms with van der Waals surface area (Å²) in [5.41, 5.74) is 2.52. The van der Waals surface area contributed by atoms with Gasteiger partial charge in [0.1, 0.15) is 17.3 Å². The summed E-state index contributed by atoms with van der Waals surface area (Å²) in [7, 11) is 0. The average Bonchev–Trinajstić information content (AvgIpc) is 3.27. The van der Waals surface area contributed by atoms with Gasteiger partial charge < -0.3 is 30.0 Å². The van der Waals surface area contributed by atoms with Crippen LogP contribution in [0.5, 0.6) is 11.5 Å². The summed E-state index contributed by atoms with van der Waals surface area (Å²) in [6.07, 6.45) is 1.09. The molecule has 3 N–H and O–H groups in total. The lowest BCUT2D eigenvalue weighted by atomic mass is 10.1. The second kappa shape index (κ2) is 11.8. The minimum atomic E-state index is -0.863. The van der Waals surface area contributed by atoms with Gasteiger partial charge in [-0.15, -0.1) is 0 Å². The Balaban J connectivity index is 1.30. The Labute approximate surface area is 195 Å². The van der Waals surface area contributed by atoms with E-state index in [9.17, 15) is 19.1 Å². The Bertz CT molecular complexity index is 1010. The molecule has 0 unspecified atom stereocenters. The quantitative estimate of drug-likeness (QED) is 0.446. The molecule has 3 rings (SSSR count). The highest BCUT2D eigenvalue weighted by molar-refractivity contribution is 6.30. The van der Waals surface area contributed by atoms with Crippen molar-refractivity contribution in [1.29, 1.82) is 0 Å². The van der Waals surface area contributed by atoms with E-state index in [1.807, 2.05) is 0 Å². The highest BCUT2D eigenvalue weighted by Gasteiger charge is 2.20. The molecule has 0 bridgehead atoms. The van der Waals surface area contributed by atoms with Crippen molar-refractivity contribution in [3.05, 3.63) is 52.1 Å². The number of ether oxygens (including phenoxy) is 3. The number of fused-ring (bicyclic) bond motifs is 1. The van der Waals surface area contributed by atoms with E-state index in [-0.39, 0.29) is 43.5 Å². The summed E-state index contributed by atoms with van der Waals surface area (Å²) in [6, 6.07) is 3.87. The molecule has 33 heavy (non-hydrogen) atoms. The zero-order valence-electron chi connectivity index (χ0n) is 18.0. The van der Waals surface area contributed by atoms with E-state index in [4.69, 9.17) is 25.8 Å². The van der Waals surface area contributed by atoms with E-state index in [1.54, 1.807) is 13.1 Å². The third-order valence-electron chi connectivity index (χ3n) is 4.85. The first kappa shape index (κ1) is 24.7. The van der Waals surface area contributed by atoms with Gasteiger partial charge in [-0.05, 0) is 25.5 Å². The van der Waals surface area contributed by atoms with Gasteiger partial charge in [-0.2, -0.15) is 0 Å². The number of amides is 2. The highest BCUT2D eigenvalue weighted by Crippen LogP contribution is 2.30. The first-order valence-corrected chi connectivity index (χ1v) is 10.7. The van der Waals surface area contributed by atoms with Crippen molar-refractivity contribution >= 4 is 23.4 Å². The molecular formula is C22H25ClFN3O6. The van der Waals surface area contributed by atoms with Gasteiger partial charge in [0.15, 0.2) is 13.2 Å². The number of rotatable bonds is 11. The molecule has 2 heterocycles. The lowest BCUT2D eigenvalue weighted by Gasteiger charge is -2.14. The number of benzene rings is 1. The number of pyridine rings is 1. The van der Waals surface area contributed by atoms with Gasteiger partial charge in [0.2, 0.25) is 0 Å². The minimum Gasteiger partial charge on any atom is -0.484 e. The van der Waals surface area contributed by atoms with Gasteiger partial charge in [0.05, 0.1) is 30.0 Å². The maximum Gasteiger partial charge on any atom is 0.258 e. The molecule has 1 aliphatic heterocycles. The molecular weight excluding hydrogens is 457 g/mol. The Hall–Kier alpha value is -2.95. The summed E-state index contributed by atoms with van der Waals surface area (Å²) in [5.74, 6) is -0.738. The maximum absolute atomic E-state index is 13.3. The number of carbonyl (C=O) groups excluding carboxylic acids is 2. The van der Waals surface area contributed by atoms with Crippen molar-refractivity contribution in [3.8, 4) is 11.5 Å². The topological polar surface area (TPSA) is 119 Å². The molecule has 0 saturated carbocycles. The van der Waals surface area contributed by atoms with Crippen LogP contribution in [0.4, 0.5) is 4.39 Å². The zero-order valence-corrected chi connectivity index (χ0v) is 18.8. The SMILES string of the molecule is Cc1ncc2c(c1OCC(=O)NC[C@@H](O)CCNC(=O)COc1ccc(Cl)c(F)c1)COC2. The van der Waals surface area contributed by atoms with Gasteiger partial charge in [0.25, 0.3) is 11.8 Å². The molecule has 11 heteroatoms. The van der Waals surface area contributed by atoms with E-state index < -0.39 is 23.7 Å². The second-order valence-corrected chi connectivity index (χ2v) is 7.83. The van der Waals surface area contributed by atoms with Gasteiger partial charge in [0, 0.05) is 36.5 Å². The van der Waals surface area contributed by atoms with Crippen LogP contribution in [0.15, 0.2) is 24.4 Å². The number of nitrogens with zero attached hydrogens (tertiary/aromatic N) is 1. The normalized spacial score (nSPS) is 13.2. The number of aliphatic hydroxyl groups is 1. The van der Waals surface area contributed by atoms with Crippen LogP contribution in [-0.4, -0.2) is 54.3 Å². The van der Waals surface area contributed by atoms with Crippen molar-refractivity contribution in [2.75, 3.05) is 26.3 Å². The number of halogens is 2. The summed E-state index contributed by atoms with van der Waals surface area (Å²) < 4.78 is 29.5.